The van der Waals surface area contributed by atoms with Crippen LogP contribution in [0, 0.1) is 18.8 Å². The van der Waals surface area contributed by atoms with Crippen LogP contribution in [0.15, 0.2) is 18.3 Å². The van der Waals surface area contributed by atoms with Gasteiger partial charge in [0.25, 0.3) is 0 Å². The fourth-order valence-corrected chi connectivity index (χ4v) is 0.955. The van der Waals surface area contributed by atoms with Gasteiger partial charge in [0.15, 0.2) is 0 Å². The molecule has 1 heterocycles. The van der Waals surface area contributed by atoms with E-state index in [1.54, 1.807) is 6.20 Å². The molecule has 0 unspecified atom stereocenters. The standard InChI is InChI=1S/C11H13NO/c1-10-9-11(6-7-12-10)5-3-2-4-8-13/h6-7,9,13H,2,4,8H2,1H3. The van der Waals surface area contributed by atoms with Crippen LogP contribution in [0.2, 0.25) is 0 Å². The Morgan fingerprint density at radius 2 is 2.38 bits per heavy atom. The SMILES string of the molecule is Cc1cc(C#CCCCO)ccn1. The predicted molar refractivity (Wildman–Crippen MR) is 52.2 cm³/mol. The zero-order valence-electron chi connectivity index (χ0n) is 7.75. The van der Waals surface area contributed by atoms with Crippen molar-refractivity contribution in [3.05, 3.63) is 29.6 Å². The van der Waals surface area contributed by atoms with E-state index in [2.05, 4.69) is 16.8 Å². The van der Waals surface area contributed by atoms with Gasteiger partial charge in [0, 0.05) is 30.5 Å². The lowest BCUT2D eigenvalue weighted by atomic mass is 10.2. The molecule has 0 aromatic carbocycles. The van der Waals surface area contributed by atoms with E-state index in [0.717, 1.165) is 24.1 Å². The minimum Gasteiger partial charge on any atom is -0.396 e. The monoisotopic (exact) mass is 175 g/mol. The molecule has 2 heteroatoms. The Bertz CT molecular complexity index is 322. The Labute approximate surface area is 78.6 Å². The number of aliphatic hydroxyl groups excluding tert-OH is 1. The molecule has 1 aromatic heterocycles. The average molecular weight is 175 g/mol. The quantitative estimate of drug-likeness (QED) is 0.546. The summed E-state index contributed by atoms with van der Waals surface area (Å²) in [5, 5.41) is 8.53. The topological polar surface area (TPSA) is 33.1 Å². The molecule has 0 radical (unpaired) electrons. The van der Waals surface area contributed by atoms with Gasteiger partial charge in [-0.15, -0.1) is 0 Å². The maximum absolute atomic E-state index is 8.53. The molecule has 0 aliphatic rings. The molecular weight excluding hydrogens is 162 g/mol. The van der Waals surface area contributed by atoms with E-state index in [4.69, 9.17) is 5.11 Å². The molecule has 2 nitrogen and oxygen atoms in total. The fourth-order valence-electron chi connectivity index (χ4n) is 0.955. The molecule has 68 valence electrons. The third-order valence-corrected chi connectivity index (χ3v) is 1.59. The van der Waals surface area contributed by atoms with Gasteiger partial charge in [-0.3, -0.25) is 4.98 Å². The Balaban J connectivity index is 2.56. The van der Waals surface area contributed by atoms with Crippen LogP contribution in [0.3, 0.4) is 0 Å². The average Bonchev–Trinajstić information content (AvgIpc) is 2.13. The number of unbranched alkanes of at least 4 members (excludes halogenated alkanes) is 1. The van der Waals surface area contributed by atoms with Crippen molar-refractivity contribution < 1.29 is 5.11 Å². The van der Waals surface area contributed by atoms with Crippen LogP contribution in [-0.2, 0) is 0 Å². The second kappa shape index (κ2) is 5.34. The maximum atomic E-state index is 8.53. The largest absolute Gasteiger partial charge is 0.396 e. The molecular formula is C11H13NO. The van der Waals surface area contributed by atoms with E-state index >= 15 is 0 Å². The molecule has 13 heavy (non-hydrogen) atoms. The summed E-state index contributed by atoms with van der Waals surface area (Å²) in [5.41, 5.74) is 1.97. The van der Waals surface area contributed by atoms with Crippen LogP contribution in [-0.4, -0.2) is 16.7 Å². The Morgan fingerprint density at radius 1 is 1.54 bits per heavy atom. The number of hydrogen-bond acceptors (Lipinski definition) is 2. The molecule has 1 aromatic rings. The first-order valence-electron chi connectivity index (χ1n) is 4.35. The molecule has 0 spiro atoms. The minimum atomic E-state index is 0.212. The third kappa shape index (κ3) is 3.73. The van der Waals surface area contributed by atoms with E-state index < -0.39 is 0 Å². The lowest BCUT2D eigenvalue weighted by Crippen LogP contribution is -1.82. The summed E-state index contributed by atoms with van der Waals surface area (Å²) in [6.07, 6.45) is 3.25. The van der Waals surface area contributed by atoms with Crippen LogP contribution >= 0.6 is 0 Å². The van der Waals surface area contributed by atoms with Crippen molar-refractivity contribution in [2.24, 2.45) is 0 Å². The van der Waals surface area contributed by atoms with E-state index in [1.165, 1.54) is 0 Å². The maximum Gasteiger partial charge on any atom is 0.0440 e. The number of aryl methyl sites for hydroxylation is 1. The first-order valence-corrected chi connectivity index (χ1v) is 4.35. The lowest BCUT2D eigenvalue weighted by molar-refractivity contribution is 0.290. The van der Waals surface area contributed by atoms with Gasteiger partial charge in [0.05, 0.1) is 0 Å². The molecule has 0 saturated heterocycles. The van der Waals surface area contributed by atoms with Gasteiger partial charge in [0.1, 0.15) is 0 Å². The highest BCUT2D eigenvalue weighted by Gasteiger charge is 1.87. The molecule has 1 N–H and O–H groups in total. The van der Waals surface area contributed by atoms with Crippen molar-refractivity contribution in [2.75, 3.05) is 6.61 Å². The molecule has 1 rings (SSSR count). The van der Waals surface area contributed by atoms with E-state index in [1.807, 2.05) is 19.1 Å². The molecule has 0 fully saturated rings. The van der Waals surface area contributed by atoms with Crippen molar-refractivity contribution in [1.82, 2.24) is 4.98 Å². The van der Waals surface area contributed by atoms with Crippen molar-refractivity contribution in [3.8, 4) is 11.8 Å². The highest BCUT2D eigenvalue weighted by Crippen LogP contribution is 1.98. The summed E-state index contributed by atoms with van der Waals surface area (Å²) in [7, 11) is 0. The number of pyridine rings is 1. The van der Waals surface area contributed by atoms with Gasteiger partial charge in [0.2, 0.25) is 0 Å². The number of aliphatic hydroxyl groups is 1. The van der Waals surface area contributed by atoms with Gasteiger partial charge < -0.3 is 5.11 Å². The zero-order valence-corrected chi connectivity index (χ0v) is 7.75. The summed E-state index contributed by atoms with van der Waals surface area (Å²) < 4.78 is 0. The zero-order chi connectivity index (χ0) is 9.52. The van der Waals surface area contributed by atoms with Gasteiger partial charge >= 0.3 is 0 Å². The lowest BCUT2D eigenvalue weighted by Gasteiger charge is -1.91. The summed E-state index contributed by atoms with van der Waals surface area (Å²) in [4.78, 5) is 4.08. The fraction of sp³-hybridized carbons (Fsp3) is 0.364. The van der Waals surface area contributed by atoms with Crippen LogP contribution in [0.25, 0.3) is 0 Å². The molecule has 0 atom stereocenters. The Kier molecular flexibility index (Phi) is 4.01. The molecule has 0 bridgehead atoms. The summed E-state index contributed by atoms with van der Waals surface area (Å²) in [5.74, 6) is 6.01. The van der Waals surface area contributed by atoms with Crippen LogP contribution in [0.4, 0.5) is 0 Å². The molecule has 0 aliphatic heterocycles. The first-order chi connectivity index (χ1) is 6.33. The first kappa shape index (κ1) is 9.76. The van der Waals surface area contributed by atoms with Gasteiger partial charge in [-0.05, 0) is 25.5 Å². The third-order valence-electron chi connectivity index (χ3n) is 1.59. The Morgan fingerprint density at radius 3 is 3.08 bits per heavy atom. The van der Waals surface area contributed by atoms with Crippen LogP contribution in [0.5, 0.6) is 0 Å². The highest BCUT2D eigenvalue weighted by molar-refractivity contribution is 5.33. The van der Waals surface area contributed by atoms with Crippen molar-refractivity contribution in [3.63, 3.8) is 0 Å². The van der Waals surface area contributed by atoms with Crippen LogP contribution < -0.4 is 0 Å². The van der Waals surface area contributed by atoms with Gasteiger partial charge in [-0.25, -0.2) is 0 Å². The molecule has 0 amide bonds. The smallest absolute Gasteiger partial charge is 0.0440 e. The molecule has 0 saturated carbocycles. The number of aromatic nitrogens is 1. The highest BCUT2D eigenvalue weighted by atomic mass is 16.2. The number of hydrogen-bond donors (Lipinski definition) is 1. The van der Waals surface area contributed by atoms with Gasteiger partial charge in [-0.2, -0.15) is 0 Å². The number of rotatable bonds is 2. The second-order valence-electron chi connectivity index (χ2n) is 2.81. The summed E-state index contributed by atoms with van der Waals surface area (Å²) >= 11 is 0. The minimum absolute atomic E-state index is 0.212. The number of nitrogens with zero attached hydrogens (tertiary/aromatic N) is 1. The van der Waals surface area contributed by atoms with E-state index in [9.17, 15) is 0 Å². The predicted octanol–water partition coefficient (Wildman–Crippen LogP) is 1.51. The normalized spacial score (nSPS) is 9.08. The van der Waals surface area contributed by atoms with Gasteiger partial charge in [-0.1, -0.05) is 11.8 Å². The Hall–Kier alpha value is -1.33. The van der Waals surface area contributed by atoms with Crippen molar-refractivity contribution in [2.45, 2.75) is 19.8 Å². The van der Waals surface area contributed by atoms with E-state index in [-0.39, 0.29) is 6.61 Å². The van der Waals surface area contributed by atoms with Crippen molar-refractivity contribution in [1.29, 1.82) is 0 Å². The summed E-state index contributed by atoms with van der Waals surface area (Å²) in [6, 6.07) is 3.84. The second-order valence-corrected chi connectivity index (χ2v) is 2.81. The summed E-state index contributed by atoms with van der Waals surface area (Å²) in [6.45, 7) is 2.16. The molecule has 0 aliphatic carbocycles. The van der Waals surface area contributed by atoms with E-state index in [0.29, 0.717) is 0 Å². The van der Waals surface area contributed by atoms with Crippen LogP contribution in [0.1, 0.15) is 24.1 Å². The van der Waals surface area contributed by atoms with Crippen molar-refractivity contribution >= 4 is 0 Å².